The van der Waals surface area contributed by atoms with Crippen molar-refractivity contribution in [1.82, 2.24) is 4.31 Å². The summed E-state index contributed by atoms with van der Waals surface area (Å²) in [7, 11) is -8.12. The van der Waals surface area contributed by atoms with E-state index in [1.165, 1.54) is 26.9 Å². The topological polar surface area (TPSA) is 71.5 Å². The van der Waals surface area contributed by atoms with Gasteiger partial charge in [-0.05, 0) is 0 Å². The SMILES string of the molecule is CCCCN(CCCC)S(=O)(=O)[C-](C)S(=O)(=O)c1ccc([I-]c2ccccc2)cc1. The second-order valence-corrected chi connectivity index (χ2v) is 14.4. The molecular weight excluding hydrogens is 533 g/mol. The van der Waals surface area contributed by atoms with Crippen molar-refractivity contribution in [3.63, 3.8) is 0 Å². The van der Waals surface area contributed by atoms with Crippen molar-refractivity contribution in [3.8, 4) is 0 Å². The van der Waals surface area contributed by atoms with Crippen molar-refractivity contribution in [1.29, 1.82) is 0 Å². The number of rotatable bonds is 12. The van der Waals surface area contributed by atoms with Crippen molar-refractivity contribution in [2.24, 2.45) is 0 Å². The molecule has 0 amide bonds. The molecule has 0 aliphatic rings. The Bertz CT molecular complexity index is 983. The Morgan fingerprint density at radius 3 is 1.80 bits per heavy atom. The minimum atomic E-state index is -4.08. The molecule has 30 heavy (non-hydrogen) atoms. The van der Waals surface area contributed by atoms with E-state index in [9.17, 15) is 16.8 Å². The quantitative estimate of drug-likeness (QED) is 0.289. The summed E-state index contributed by atoms with van der Waals surface area (Å²) in [6.07, 6.45) is 3.09. The summed E-state index contributed by atoms with van der Waals surface area (Å²) in [4.78, 5) is 0.0235. The van der Waals surface area contributed by atoms with Crippen LogP contribution in [0.5, 0.6) is 0 Å². The molecule has 0 saturated carbocycles. The Labute approximate surface area is 192 Å². The van der Waals surface area contributed by atoms with E-state index >= 15 is 0 Å². The Hall–Kier alpha value is -0.970. The summed E-state index contributed by atoms with van der Waals surface area (Å²) in [5.74, 6) is 0. The number of hydrogen-bond donors (Lipinski definition) is 0. The third-order valence-corrected chi connectivity index (χ3v) is 12.1. The molecule has 0 unspecified atom stereocenters. The van der Waals surface area contributed by atoms with Crippen LogP contribution in [0, 0.1) is 11.7 Å². The van der Waals surface area contributed by atoms with Crippen LogP contribution < -0.4 is 21.2 Å². The van der Waals surface area contributed by atoms with Crippen LogP contribution in [0.4, 0.5) is 0 Å². The maximum absolute atomic E-state index is 13.1. The zero-order chi connectivity index (χ0) is 22.2. The second kappa shape index (κ2) is 11.6. The molecule has 5 nitrogen and oxygen atoms in total. The molecule has 2 rings (SSSR count). The van der Waals surface area contributed by atoms with E-state index < -0.39 is 45.6 Å². The summed E-state index contributed by atoms with van der Waals surface area (Å²) in [6, 6.07) is 16.7. The Morgan fingerprint density at radius 1 is 0.800 bits per heavy atom. The summed E-state index contributed by atoms with van der Waals surface area (Å²) < 4.78 is 55.4. The van der Waals surface area contributed by atoms with Gasteiger partial charge in [-0.1, -0.05) is 0 Å². The van der Waals surface area contributed by atoms with E-state index in [0.29, 0.717) is 25.9 Å². The minimum absolute atomic E-state index is 0.0235. The maximum atomic E-state index is 13.1. The van der Waals surface area contributed by atoms with Gasteiger partial charge in [0.2, 0.25) is 0 Å². The molecular formula is C22H30INO4S2-2. The van der Waals surface area contributed by atoms with Crippen molar-refractivity contribution in [2.75, 3.05) is 13.1 Å². The second-order valence-electron chi connectivity index (χ2n) is 6.95. The number of unbranched alkanes of at least 4 members (excludes halogenated alkanes) is 2. The van der Waals surface area contributed by atoms with Crippen molar-refractivity contribution in [3.05, 3.63) is 66.3 Å². The van der Waals surface area contributed by atoms with Gasteiger partial charge in [-0.3, -0.25) is 0 Å². The molecule has 0 spiro atoms. The van der Waals surface area contributed by atoms with E-state index in [2.05, 4.69) is 12.1 Å². The predicted octanol–water partition coefficient (Wildman–Crippen LogP) is 1.33. The number of halogens is 1. The number of sulfone groups is 1. The molecule has 0 aromatic heterocycles. The molecule has 0 bridgehead atoms. The molecule has 8 heteroatoms. The van der Waals surface area contributed by atoms with E-state index in [1.807, 2.05) is 32.0 Å². The monoisotopic (exact) mass is 563 g/mol. The molecule has 0 N–H and O–H groups in total. The number of sulfonamides is 1. The Morgan fingerprint density at radius 2 is 1.30 bits per heavy atom. The standard InChI is InChI=1S/C22H30INO4S2/c1-4-6-17-24(18-7-5-2)30(27,28)19(3)29(25,26)22-15-13-21(14-16-22)23-20-11-9-8-10-12-20/h8-16H,4-7,17-18H2,1-3H3/q-2. The van der Waals surface area contributed by atoms with Crippen LogP contribution in [-0.2, 0) is 19.9 Å². The van der Waals surface area contributed by atoms with E-state index in [1.54, 1.807) is 12.1 Å². The average molecular weight is 564 g/mol. The number of benzene rings is 2. The van der Waals surface area contributed by atoms with Crippen LogP contribution in [-0.4, -0.2) is 34.2 Å². The van der Waals surface area contributed by atoms with E-state index in [4.69, 9.17) is 0 Å². The van der Waals surface area contributed by atoms with Gasteiger partial charge in [-0.15, -0.1) is 0 Å². The van der Waals surface area contributed by atoms with E-state index in [-0.39, 0.29) is 4.90 Å². The van der Waals surface area contributed by atoms with E-state index in [0.717, 1.165) is 16.4 Å². The number of hydrogen-bond acceptors (Lipinski definition) is 4. The number of nitrogens with zero attached hydrogens (tertiary/aromatic N) is 1. The summed E-state index contributed by atoms with van der Waals surface area (Å²) in [6.45, 7) is 5.85. The zero-order valence-electron chi connectivity index (χ0n) is 17.7. The molecule has 0 radical (unpaired) electrons. The van der Waals surface area contributed by atoms with Crippen LogP contribution in [0.2, 0.25) is 0 Å². The van der Waals surface area contributed by atoms with Gasteiger partial charge in [-0.25, -0.2) is 0 Å². The predicted molar refractivity (Wildman–Crippen MR) is 117 cm³/mol. The first-order chi connectivity index (χ1) is 14.2. The molecule has 0 saturated heterocycles. The van der Waals surface area contributed by atoms with Gasteiger partial charge >= 0.3 is 193 Å². The van der Waals surface area contributed by atoms with Gasteiger partial charge in [-0.2, -0.15) is 0 Å². The first-order valence-electron chi connectivity index (χ1n) is 10.1. The van der Waals surface area contributed by atoms with Crippen LogP contribution in [0.25, 0.3) is 0 Å². The summed E-state index contributed by atoms with van der Waals surface area (Å²) >= 11 is -0.413. The fourth-order valence-corrected chi connectivity index (χ4v) is 8.64. The third-order valence-electron chi connectivity index (χ3n) is 4.68. The average Bonchev–Trinajstić information content (AvgIpc) is 2.74. The van der Waals surface area contributed by atoms with Gasteiger partial charge in [0.25, 0.3) is 0 Å². The summed E-state index contributed by atoms with van der Waals surface area (Å²) in [5, 5.41) is 0. The first-order valence-corrected chi connectivity index (χ1v) is 15.2. The molecule has 168 valence electrons. The van der Waals surface area contributed by atoms with Crippen LogP contribution in [0.3, 0.4) is 0 Å². The molecule has 0 aliphatic heterocycles. The van der Waals surface area contributed by atoms with Crippen LogP contribution in [0.15, 0.2) is 59.5 Å². The van der Waals surface area contributed by atoms with Crippen LogP contribution in [0.1, 0.15) is 46.5 Å². The Kier molecular flexibility index (Phi) is 9.77. The third kappa shape index (κ3) is 6.51. The van der Waals surface area contributed by atoms with Crippen molar-refractivity contribution < 1.29 is 38.0 Å². The normalized spacial score (nSPS) is 12.7. The first kappa shape index (κ1) is 25.3. The van der Waals surface area contributed by atoms with Gasteiger partial charge in [0.15, 0.2) is 0 Å². The van der Waals surface area contributed by atoms with Gasteiger partial charge < -0.3 is 0 Å². The summed E-state index contributed by atoms with van der Waals surface area (Å²) in [5.41, 5.74) is 0. The Balaban J connectivity index is 2.23. The van der Waals surface area contributed by atoms with Crippen molar-refractivity contribution >= 4 is 19.9 Å². The molecule has 0 atom stereocenters. The van der Waals surface area contributed by atoms with Crippen LogP contribution >= 0.6 is 0 Å². The molecule has 0 fully saturated rings. The van der Waals surface area contributed by atoms with Gasteiger partial charge in [0.1, 0.15) is 0 Å². The fourth-order valence-electron chi connectivity index (χ4n) is 2.79. The van der Waals surface area contributed by atoms with Gasteiger partial charge in [0.05, 0.1) is 0 Å². The van der Waals surface area contributed by atoms with Crippen molar-refractivity contribution in [2.45, 2.75) is 51.3 Å². The van der Waals surface area contributed by atoms with Gasteiger partial charge in [0, 0.05) is 0 Å². The molecule has 0 aliphatic carbocycles. The molecule has 2 aromatic carbocycles. The molecule has 2 aromatic rings. The zero-order valence-corrected chi connectivity index (χ0v) is 21.5. The fraction of sp³-hybridized carbons (Fsp3) is 0.409. The molecule has 0 heterocycles.